The molecule has 2 aromatic heterocycles. The van der Waals surface area contributed by atoms with Gasteiger partial charge in [-0.25, -0.2) is 9.37 Å². The molecule has 0 amide bonds. The molecule has 0 saturated carbocycles. The Balaban J connectivity index is 2.08. The highest BCUT2D eigenvalue weighted by Crippen LogP contribution is 2.24. The van der Waals surface area contributed by atoms with Crippen molar-refractivity contribution < 1.29 is 4.39 Å². The van der Waals surface area contributed by atoms with Crippen molar-refractivity contribution in [2.24, 2.45) is 0 Å². The minimum absolute atomic E-state index is 0.265. The summed E-state index contributed by atoms with van der Waals surface area (Å²) in [5, 5.41) is 2.05. The van der Waals surface area contributed by atoms with Crippen LogP contribution in [0, 0.1) is 5.82 Å². The normalized spacial score (nSPS) is 11.3. The van der Waals surface area contributed by atoms with E-state index in [1.807, 2.05) is 0 Å². The van der Waals surface area contributed by atoms with E-state index < -0.39 is 0 Å². The summed E-state index contributed by atoms with van der Waals surface area (Å²) in [6, 6.07) is 6.80. The van der Waals surface area contributed by atoms with Crippen LogP contribution in [0.3, 0.4) is 0 Å². The van der Waals surface area contributed by atoms with Gasteiger partial charge in [-0.2, -0.15) is 0 Å². The predicted molar refractivity (Wildman–Crippen MR) is 85.2 cm³/mol. The summed E-state index contributed by atoms with van der Waals surface area (Å²) < 4.78 is 16.5. The Hall–Kier alpha value is -0.910. The third-order valence-electron chi connectivity index (χ3n) is 3.04. The van der Waals surface area contributed by atoms with Crippen molar-refractivity contribution >= 4 is 49.9 Å². The van der Waals surface area contributed by atoms with E-state index >= 15 is 0 Å². The van der Waals surface area contributed by atoms with Crippen LogP contribution < -0.4 is 0 Å². The number of nitrogens with zero attached hydrogens (tertiary/aromatic N) is 2. The maximum absolute atomic E-state index is 13.3. The zero-order valence-electron chi connectivity index (χ0n) is 10.4. The first-order valence-electron chi connectivity index (χ1n) is 6.11. The Morgan fingerprint density at radius 3 is 2.90 bits per heavy atom. The minimum Gasteiger partial charge on any atom is -0.323 e. The molecule has 0 aliphatic rings. The number of halogens is 3. The number of benzene rings is 1. The number of hydrogen-bond acceptors (Lipinski definition) is 2. The number of alkyl halides is 1. The second-order valence-corrected chi connectivity index (χ2v) is 6.71. The highest BCUT2D eigenvalue weighted by Gasteiger charge is 2.12. The Bertz CT molecular complexity index is 753. The fraction of sp³-hybridized carbons (Fsp3) is 0.214. The second kappa shape index (κ2) is 5.84. The van der Waals surface area contributed by atoms with Crippen LogP contribution in [0.5, 0.6) is 0 Å². The van der Waals surface area contributed by atoms with Gasteiger partial charge >= 0.3 is 0 Å². The first-order valence-corrected chi connectivity index (χ1v) is 8.31. The minimum atomic E-state index is -0.265. The lowest BCUT2D eigenvalue weighted by molar-refractivity contribution is 0.629. The van der Waals surface area contributed by atoms with Crippen LogP contribution in [-0.4, -0.2) is 15.4 Å². The molecule has 104 valence electrons. The summed E-state index contributed by atoms with van der Waals surface area (Å²) in [4.78, 5) is 5.72. The van der Waals surface area contributed by atoms with E-state index in [4.69, 9.17) is 11.6 Å². The third-order valence-corrected chi connectivity index (χ3v) is 4.91. The molecular weight excluding hydrogens is 363 g/mol. The highest BCUT2D eigenvalue weighted by atomic mass is 79.9. The quantitative estimate of drug-likeness (QED) is 0.599. The van der Waals surface area contributed by atoms with Gasteiger partial charge in [0.05, 0.1) is 17.6 Å². The molecule has 6 heteroatoms. The Kier molecular flexibility index (Phi) is 4.10. The van der Waals surface area contributed by atoms with Gasteiger partial charge in [0.25, 0.3) is 0 Å². The van der Waals surface area contributed by atoms with Crippen LogP contribution in [0.1, 0.15) is 10.7 Å². The van der Waals surface area contributed by atoms with E-state index in [1.54, 1.807) is 17.4 Å². The summed E-state index contributed by atoms with van der Waals surface area (Å²) >= 11 is 11.0. The average molecular weight is 374 g/mol. The number of imidazole rings is 1. The molecule has 1 aromatic carbocycles. The monoisotopic (exact) mass is 372 g/mol. The lowest BCUT2D eigenvalue weighted by Gasteiger charge is -2.06. The molecule has 0 bridgehead atoms. The summed E-state index contributed by atoms with van der Waals surface area (Å²) in [6.45, 7) is 0.727. The third kappa shape index (κ3) is 2.75. The lowest BCUT2D eigenvalue weighted by atomic mass is 10.3. The van der Waals surface area contributed by atoms with E-state index in [2.05, 4.69) is 36.9 Å². The summed E-state index contributed by atoms with van der Waals surface area (Å²) in [7, 11) is 0. The number of aromatic nitrogens is 2. The van der Waals surface area contributed by atoms with Crippen LogP contribution in [0.4, 0.5) is 4.39 Å². The van der Waals surface area contributed by atoms with Gasteiger partial charge in [0.2, 0.25) is 0 Å². The van der Waals surface area contributed by atoms with E-state index in [9.17, 15) is 4.39 Å². The molecule has 0 unspecified atom stereocenters. The predicted octanol–water partition coefficient (Wildman–Crippen LogP) is 4.83. The van der Waals surface area contributed by atoms with Gasteiger partial charge in [-0.1, -0.05) is 0 Å². The molecule has 0 spiro atoms. The van der Waals surface area contributed by atoms with E-state index in [1.165, 1.54) is 17.0 Å². The van der Waals surface area contributed by atoms with Crippen molar-refractivity contribution in [1.29, 1.82) is 0 Å². The van der Waals surface area contributed by atoms with Gasteiger partial charge in [0.1, 0.15) is 11.6 Å². The maximum Gasteiger partial charge on any atom is 0.125 e. The van der Waals surface area contributed by atoms with Gasteiger partial charge in [0, 0.05) is 33.1 Å². The van der Waals surface area contributed by atoms with E-state index in [0.29, 0.717) is 17.8 Å². The van der Waals surface area contributed by atoms with Gasteiger partial charge < -0.3 is 4.57 Å². The highest BCUT2D eigenvalue weighted by molar-refractivity contribution is 9.10. The van der Waals surface area contributed by atoms with Gasteiger partial charge in [-0.15, -0.1) is 22.9 Å². The molecule has 0 atom stereocenters. The maximum atomic E-state index is 13.3. The largest absolute Gasteiger partial charge is 0.323 e. The van der Waals surface area contributed by atoms with Crippen molar-refractivity contribution in [2.45, 2.75) is 13.0 Å². The topological polar surface area (TPSA) is 17.8 Å². The Labute approximate surface area is 133 Å². The van der Waals surface area contributed by atoms with Gasteiger partial charge in [0.15, 0.2) is 0 Å². The molecule has 3 aromatic rings. The lowest BCUT2D eigenvalue weighted by Crippen LogP contribution is -2.04. The first kappa shape index (κ1) is 14.0. The number of aryl methyl sites for hydroxylation is 1. The molecular formula is C14H11BrClFN2S. The van der Waals surface area contributed by atoms with Crippen LogP contribution >= 0.6 is 38.9 Å². The molecule has 0 radical (unpaired) electrons. The standard InChI is InChI=1S/C14H11BrClFN2S/c15-9-5-11(20-8-9)7-19-13-2-1-10(17)6-12(13)18-14(19)3-4-16/h1-2,5-6,8H,3-4,7H2. The Morgan fingerprint density at radius 1 is 1.35 bits per heavy atom. The molecule has 0 aliphatic heterocycles. The van der Waals surface area contributed by atoms with Gasteiger partial charge in [-0.05, 0) is 34.1 Å². The Morgan fingerprint density at radius 2 is 2.20 bits per heavy atom. The van der Waals surface area contributed by atoms with Crippen LogP contribution in [0.15, 0.2) is 34.1 Å². The van der Waals surface area contributed by atoms with E-state index in [-0.39, 0.29) is 5.82 Å². The van der Waals surface area contributed by atoms with Crippen molar-refractivity contribution in [3.63, 3.8) is 0 Å². The number of thiophene rings is 1. The smallest absolute Gasteiger partial charge is 0.125 e. The molecule has 0 fully saturated rings. The van der Waals surface area contributed by atoms with Crippen molar-refractivity contribution in [3.8, 4) is 0 Å². The SMILES string of the molecule is Fc1ccc2c(c1)nc(CCCl)n2Cc1cc(Br)cs1. The molecule has 3 rings (SSSR count). The molecule has 0 aliphatic carbocycles. The molecule has 2 heterocycles. The molecule has 2 nitrogen and oxygen atoms in total. The first-order chi connectivity index (χ1) is 9.67. The van der Waals surface area contributed by atoms with Gasteiger partial charge in [-0.3, -0.25) is 0 Å². The zero-order valence-corrected chi connectivity index (χ0v) is 13.6. The summed E-state index contributed by atoms with van der Waals surface area (Å²) in [5.74, 6) is 1.13. The average Bonchev–Trinajstić information content (AvgIpc) is 2.95. The second-order valence-electron chi connectivity index (χ2n) is 4.42. The number of hydrogen-bond donors (Lipinski definition) is 0. The van der Waals surface area contributed by atoms with Crippen molar-refractivity contribution in [3.05, 3.63) is 50.6 Å². The summed E-state index contributed by atoms with van der Waals surface area (Å²) in [5.41, 5.74) is 1.62. The summed E-state index contributed by atoms with van der Waals surface area (Å²) in [6.07, 6.45) is 0.671. The van der Waals surface area contributed by atoms with Crippen molar-refractivity contribution in [1.82, 2.24) is 9.55 Å². The van der Waals surface area contributed by atoms with Crippen LogP contribution in [-0.2, 0) is 13.0 Å². The number of rotatable bonds is 4. The number of fused-ring (bicyclic) bond motifs is 1. The van der Waals surface area contributed by atoms with Crippen LogP contribution in [0.2, 0.25) is 0 Å². The van der Waals surface area contributed by atoms with Crippen molar-refractivity contribution in [2.75, 3.05) is 5.88 Å². The zero-order chi connectivity index (χ0) is 14.1. The molecule has 0 N–H and O–H groups in total. The molecule has 20 heavy (non-hydrogen) atoms. The van der Waals surface area contributed by atoms with Crippen LogP contribution in [0.25, 0.3) is 11.0 Å². The molecule has 0 saturated heterocycles. The van der Waals surface area contributed by atoms with E-state index in [0.717, 1.165) is 22.4 Å². The fourth-order valence-corrected chi connectivity index (χ4v) is 3.81. The fourth-order valence-electron chi connectivity index (χ4n) is 2.20.